The lowest BCUT2D eigenvalue weighted by Gasteiger charge is -2.15. The van der Waals surface area contributed by atoms with E-state index in [-0.39, 0.29) is 5.91 Å². The summed E-state index contributed by atoms with van der Waals surface area (Å²) in [4.78, 5) is 15.9. The van der Waals surface area contributed by atoms with E-state index >= 15 is 0 Å². The second-order valence-electron chi connectivity index (χ2n) is 4.36. The van der Waals surface area contributed by atoms with Crippen LogP contribution in [0.2, 0.25) is 0 Å². The fraction of sp³-hybridized carbons (Fsp3) is 0.286. The molecule has 1 atom stereocenters. The zero-order valence-electron chi connectivity index (χ0n) is 11.1. The van der Waals surface area contributed by atoms with E-state index < -0.39 is 6.10 Å². The van der Waals surface area contributed by atoms with Crippen molar-refractivity contribution >= 4 is 22.4 Å². The highest BCUT2D eigenvalue weighted by atomic mass is 32.1. The van der Waals surface area contributed by atoms with E-state index in [0.717, 1.165) is 16.9 Å². The van der Waals surface area contributed by atoms with Crippen molar-refractivity contribution in [3.63, 3.8) is 0 Å². The van der Waals surface area contributed by atoms with Gasteiger partial charge in [-0.15, -0.1) is 11.3 Å². The van der Waals surface area contributed by atoms with Gasteiger partial charge in [-0.3, -0.25) is 10.1 Å². The van der Waals surface area contributed by atoms with Crippen molar-refractivity contribution in [2.45, 2.75) is 26.9 Å². The number of nitrogens with zero attached hydrogens (tertiary/aromatic N) is 1. The van der Waals surface area contributed by atoms with Gasteiger partial charge in [-0.25, -0.2) is 4.98 Å². The summed E-state index contributed by atoms with van der Waals surface area (Å²) in [5.74, 6) is 0.539. The van der Waals surface area contributed by atoms with Crippen molar-refractivity contribution in [3.8, 4) is 5.75 Å². The van der Waals surface area contributed by atoms with Gasteiger partial charge in [-0.05, 0) is 38.0 Å². The van der Waals surface area contributed by atoms with Crippen LogP contribution in [-0.2, 0) is 4.79 Å². The molecule has 0 spiro atoms. The van der Waals surface area contributed by atoms with Crippen LogP contribution in [-0.4, -0.2) is 17.0 Å². The number of carbonyl (C=O) groups is 1. The first-order chi connectivity index (χ1) is 9.06. The van der Waals surface area contributed by atoms with E-state index in [4.69, 9.17) is 4.74 Å². The molecular formula is C14H16N2O2S. The zero-order chi connectivity index (χ0) is 13.8. The molecule has 0 saturated heterocycles. The van der Waals surface area contributed by atoms with E-state index in [0.29, 0.717) is 5.13 Å². The maximum absolute atomic E-state index is 11.9. The third-order valence-electron chi connectivity index (χ3n) is 2.68. The molecule has 0 aliphatic carbocycles. The first-order valence-electron chi connectivity index (χ1n) is 6.00. The van der Waals surface area contributed by atoms with Gasteiger partial charge in [-0.1, -0.05) is 12.1 Å². The minimum absolute atomic E-state index is 0.198. The summed E-state index contributed by atoms with van der Waals surface area (Å²) in [5, 5.41) is 5.12. The quantitative estimate of drug-likeness (QED) is 0.933. The van der Waals surface area contributed by atoms with Gasteiger partial charge in [0.2, 0.25) is 0 Å². The first kappa shape index (κ1) is 13.5. The highest BCUT2D eigenvalue weighted by Crippen LogP contribution is 2.21. The van der Waals surface area contributed by atoms with Gasteiger partial charge >= 0.3 is 0 Å². The molecule has 2 aromatic rings. The molecular weight excluding hydrogens is 260 g/mol. The summed E-state index contributed by atoms with van der Waals surface area (Å²) in [6.45, 7) is 5.68. The van der Waals surface area contributed by atoms with Crippen LogP contribution < -0.4 is 10.1 Å². The predicted molar refractivity (Wildman–Crippen MR) is 76.7 cm³/mol. The van der Waals surface area contributed by atoms with Crippen LogP contribution >= 0.6 is 11.3 Å². The minimum atomic E-state index is -0.565. The molecule has 0 bridgehead atoms. The van der Waals surface area contributed by atoms with E-state index in [9.17, 15) is 4.79 Å². The summed E-state index contributed by atoms with van der Waals surface area (Å²) in [6, 6.07) is 5.93. The van der Waals surface area contributed by atoms with Crippen molar-refractivity contribution in [1.29, 1.82) is 0 Å². The van der Waals surface area contributed by atoms with Gasteiger partial charge in [0.15, 0.2) is 11.2 Å². The summed E-state index contributed by atoms with van der Waals surface area (Å²) in [6.07, 6.45) is 1.08. The van der Waals surface area contributed by atoms with Crippen molar-refractivity contribution in [2.75, 3.05) is 5.32 Å². The maximum atomic E-state index is 11.9. The average Bonchev–Trinajstić information content (AvgIpc) is 2.86. The molecule has 100 valence electrons. The van der Waals surface area contributed by atoms with Crippen LogP contribution in [0.1, 0.15) is 18.1 Å². The molecule has 0 aliphatic heterocycles. The van der Waals surface area contributed by atoms with Crippen LogP contribution in [0.4, 0.5) is 5.13 Å². The Morgan fingerprint density at radius 1 is 1.42 bits per heavy atom. The van der Waals surface area contributed by atoms with Crippen LogP contribution in [0.15, 0.2) is 29.8 Å². The Labute approximate surface area is 116 Å². The normalized spacial score (nSPS) is 11.9. The van der Waals surface area contributed by atoms with Gasteiger partial charge in [0, 0.05) is 11.6 Å². The third-order valence-corrected chi connectivity index (χ3v) is 3.37. The van der Waals surface area contributed by atoms with Crippen molar-refractivity contribution < 1.29 is 9.53 Å². The molecule has 0 saturated carbocycles. The fourth-order valence-corrected chi connectivity index (χ4v) is 2.10. The highest BCUT2D eigenvalue weighted by Gasteiger charge is 2.16. The lowest BCUT2D eigenvalue weighted by Crippen LogP contribution is -2.30. The fourth-order valence-electron chi connectivity index (χ4n) is 1.57. The molecule has 1 heterocycles. The monoisotopic (exact) mass is 276 g/mol. The van der Waals surface area contributed by atoms with E-state index in [2.05, 4.69) is 10.3 Å². The number of benzene rings is 1. The number of anilines is 1. The molecule has 1 aromatic heterocycles. The van der Waals surface area contributed by atoms with Gasteiger partial charge in [0.25, 0.3) is 5.91 Å². The molecule has 0 fully saturated rings. The van der Waals surface area contributed by atoms with Crippen molar-refractivity contribution in [3.05, 3.63) is 40.9 Å². The number of aromatic nitrogens is 1. The predicted octanol–water partition coefficient (Wildman–Crippen LogP) is 3.17. The number of amides is 1. The Morgan fingerprint density at radius 3 is 2.89 bits per heavy atom. The average molecular weight is 276 g/mol. The second kappa shape index (κ2) is 5.84. The molecule has 4 nitrogen and oxygen atoms in total. The number of carbonyl (C=O) groups excluding carboxylic acids is 1. The second-order valence-corrected chi connectivity index (χ2v) is 5.25. The Morgan fingerprint density at radius 2 is 2.21 bits per heavy atom. The highest BCUT2D eigenvalue weighted by molar-refractivity contribution is 7.13. The van der Waals surface area contributed by atoms with Crippen LogP contribution in [0, 0.1) is 13.8 Å². The summed E-state index contributed by atoms with van der Waals surface area (Å²) < 4.78 is 5.70. The Hall–Kier alpha value is -1.88. The lowest BCUT2D eigenvalue weighted by atomic mass is 10.1. The van der Waals surface area contributed by atoms with Gasteiger partial charge in [-0.2, -0.15) is 0 Å². The smallest absolute Gasteiger partial charge is 0.266 e. The van der Waals surface area contributed by atoms with Crippen molar-refractivity contribution in [1.82, 2.24) is 4.98 Å². The topological polar surface area (TPSA) is 51.2 Å². The number of ether oxygens (including phenoxy) is 1. The minimum Gasteiger partial charge on any atom is -0.481 e. The standard InChI is InChI=1S/C14H16N2O2S/c1-9-4-5-10(2)12(8-9)18-11(3)13(17)16-14-15-6-7-19-14/h4-8,11H,1-3H3,(H,15,16,17)/t11-/m1/s1. The SMILES string of the molecule is Cc1ccc(C)c(O[C@H](C)C(=O)Nc2nccs2)c1. The number of hydrogen-bond acceptors (Lipinski definition) is 4. The molecule has 1 aromatic carbocycles. The summed E-state index contributed by atoms with van der Waals surface area (Å²) in [5.41, 5.74) is 2.12. The molecule has 1 amide bonds. The molecule has 0 unspecified atom stereocenters. The number of rotatable bonds is 4. The Balaban J connectivity index is 2.02. The molecule has 5 heteroatoms. The Kier molecular flexibility index (Phi) is 4.16. The van der Waals surface area contributed by atoms with E-state index in [1.54, 1.807) is 13.1 Å². The Bertz CT molecular complexity index is 567. The maximum Gasteiger partial charge on any atom is 0.266 e. The van der Waals surface area contributed by atoms with Crippen molar-refractivity contribution in [2.24, 2.45) is 0 Å². The molecule has 1 N–H and O–H groups in total. The molecule has 19 heavy (non-hydrogen) atoms. The molecule has 2 rings (SSSR count). The van der Waals surface area contributed by atoms with Gasteiger partial charge < -0.3 is 4.74 Å². The third kappa shape index (κ3) is 3.54. The summed E-state index contributed by atoms with van der Waals surface area (Å²) >= 11 is 1.38. The molecule has 0 radical (unpaired) electrons. The van der Waals surface area contributed by atoms with E-state index in [1.807, 2.05) is 37.4 Å². The molecule has 0 aliphatic rings. The number of aryl methyl sites for hydroxylation is 2. The number of thiazole rings is 1. The first-order valence-corrected chi connectivity index (χ1v) is 6.88. The number of nitrogens with one attached hydrogen (secondary N) is 1. The van der Waals surface area contributed by atoms with Crippen LogP contribution in [0.25, 0.3) is 0 Å². The van der Waals surface area contributed by atoms with Crippen LogP contribution in [0.3, 0.4) is 0 Å². The largest absolute Gasteiger partial charge is 0.481 e. The zero-order valence-corrected chi connectivity index (χ0v) is 12.0. The van der Waals surface area contributed by atoms with Crippen LogP contribution in [0.5, 0.6) is 5.75 Å². The van der Waals surface area contributed by atoms with Gasteiger partial charge in [0.05, 0.1) is 0 Å². The van der Waals surface area contributed by atoms with E-state index in [1.165, 1.54) is 11.3 Å². The van der Waals surface area contributed by atoms with Gasteiger partial charge in [0.1, 0.15) is 5.75 Å². The lowest BCUT2D eigenvalue weighted by molar-refractivity contribution is -0.122. The number of hydrogen-bond donors (Lipinski definition) is 1. The summed E-state index contributed by atoms with van der Waals surface area (Å²) in [7, 11) is 0.